The molecule has 4 rings (SSSR count). The van der Waals surface area contributed by atoms with Gasteiger partial charge in [-0.25, -0.2) is 4.99 Å². The third-order valence-electron chi connectivity index (χ3n) is 4.80. The summed E-state index contributed by atoms with van der Waals surface area (Å²) in [6.07, 6.45) is 3.53. The third kappa shape index (κ3) is 4.09. The summed E-state index contributed by atoms with van der Waals surface area (Å²) in [5, 5.41) is 4.48. The van der Waals surface area contributed by atoms with Crippen molar-refractivity contribution in [2.24, 2.45) is 4.99 Å². The van der Waals surface area contributed by atoms with E-state index >= 15 is 0 Å². The maximum atomic E-state index is 5.44. The van der Waals surface area contributed by atoms with Crippen LogP contribution in [0.15, 0.2) is 71.3 Å². The highest BCUT2D eigenvalue weighted by atomic mass is 32.1. The van der Waals surface area contributed by atoms with Gasteiger partial charge in [-0.1, -0.05) is 18.2 Å². The molecule has 0 N–H and O–H groups in total. The Morgan fingerprint density at radius 1 is 1.10 bits per heavy atom. The number of benzene rings is 2. The predicted octanol–water partition coefficient (Wildman–Crippen LogP) is 5.21. The molecule has 0 saturated heterocycles. The lowest BCUT2D eigenvalue weighted by Gasteiger charge is -2.17. The Kier molecular flexibility index (Phi) is 5.74. The van der Waals surface area contributed by atoms with Gasteiger partial charge < -0.3 is 14.0 Å². The minimum atomic E-state index is 0.142. The molecular weight excluding hydrogens is 382 g/mol. The van der Waals surface area contributed by atoms with Crippen molar-refractivity contribution in [3.63, 3.8) is 0 Å². The molecule has 6 heteroatoms. The minimum absolute atomic E-state index is 0.142. The van der Waals surface area contributed by atoms with Crippen molar-refractivity contribution in [2.45, 2.75) is 13.0 Å². The van der Waals surface area contributed by atoms with Gasteiger partial charge in [0, 0.05) is 18.7 Å². The molecule has 0 aliphatic rings. The first-order valence-electron chi connectivity index (χ1n) is 9.41. The molecule has 148 valence electrons. The summed E-state index contributed by atoms with van der Waals surface area (Å²) in [5.74, 6) is 0.863. The van der Waals surface area contributed by atoms with Crippen LogP contribution in [0, 0.1) is 0 Å². The van der Waals surface area contributed by atoms with Crippen LogP contribution in [0.1, 0.15) is 13.0 Å². The zero-order valence-electron chi connectivity index (χ0n) is 16.7. The maximum absolute atomic E-state index is 5.44. The highest BCUT2D eigenvalue weighted by Crippen LogP contribution is 2.29. The summed E-state index contributed by atoms with van der Waals surface area (Å²) in [6, 6.07) is 16.6. The quantitative estimate of drug-likeness (QED) is 0.442. The van der Waals surface area contributed by atoms with E-state index in [-0.39, 0.29) is 6.04 Å². The Morgan fingerprint density at radius 2 is 1.93 bits per heavy atom. The molecule has 1 unspecified atom stereocenters. The van der Waals surface area contributed by atoms with Gasteiger partial charge in [-0.2, -0.15) is 0 Å². The van der Waals surface area contributed by atoms with E-state index in [4.69, 9.17) is 14.5 Å². The first-order valence-corrected chi connectivity index (χ1v) is 10.3. The van der Waals surface area contributed by atoms with E-state index in [9.17, 15) is 0 Å². The Balaban J connectivity index is 1.85. The zero-order valence-corrected chi connectivity index (χ0v) is 17.5. The van der Waals surface area contributed by atoms with Crippen molar-refractivity contribution in [3.05, 3.63) is 71.1 Å². The van der Waals surface area contributed by atoms with Crippen LogP contribution in [0.4, 0.5) is 5.69 Å². The van der Waals surface area contributed by atoms with Crippen molar-refractivity contribution >= 4 is 27.8 Å². The molecule has 0 amide bonds. The van der Waals surface area contributed by atoms with Gasteiger partial charge in [0.15, 0.2) is 4.80 Å². The second-order valence-corrected chi connectivity index (χ2v) is 7.67. The largest absolute Gasteiger partial charge is 0.497 e. The summed E-state index contributed by atoms with van der Waals surface area (Å²) in [4.78, 5) is 9.92. The average molecular weight is 406 g/mol. The molecule has 0 spiro atoms. The van der Waals surface area contributed by atoms with E-state index in [2.05, 4.69) is 52.2 Å². The van der Waals surface area contributed by atoms with Crippen LogP contribution < -0.4 is 9.54 Å². The van der Waals surface area contributed by atoms with Gasteiger partial charge in [-0.15, -0.1) is 11.3 Å². The molecular formula is C23H23N3O2S. The standard InChI is InChI=1S/C23H23N3O2S/c1-16(14-27-2)26-22(15-29-23(26)25-20-5-4-10-24-13-20)19-7-6-18-12-21(28-3)9-8-17(18)11-19/h4-13,15-16H,14H2,1-3H3. The number of ether oxygens (including phenoxy) is 2. The van der Waals surface area contributed by atoms with Gasteiger partial charge in [-0.05, 0) is 53.6 Å². The number of pyridine rings is 1. The van der Waals surface area contributed by atoms with Crippen LogP contribution in [0.2, 0.25) is 0 Å². The first-order chi connectivity index (χ1) is 14.2. The number of aromatic nitrogens is 2. The van der Waals surface area contributed by atoms with E-state index in [1.54, 1.807) is 38.0 Å². The van der Waals surface area contributed by atoms with Gasteiger partial charge in [0.1, 0.15) is 5.75 Å². The van der Waals surface area contributed by atoms with Crippen LogP contribution in [0.25, 0.3) is 22.0 Å². The second-order valence-electron chi connectivity index (χ2n) is 6.83. The molecule has 0 saturated carbocycles. The molecule has 2 aromatic carbocycles. The zero-order chi connectivity index (χ0) is 20.2. The highest BCUT2D eigenvalue weighted by Gasteiger charge is 2.14. The van der Waals surface area contributed by atoms with E-state index in [0.717, 1.165) is 32.9 Å². The van der Waals surface area contributed by atoms with Crippen molar-refractivity contribution in [3.8, 4) is 17.0 Å². The number of hydrogen-bond donors (Lipinski definition) is 0. The molecule has 0 aliphatic heterocycles. The van der Waals surface area contributed by atoms with Crippen molar-refractivity contribution in [2.75, 3.05) is 20.8 Å². The van der Waals surface area contributed by atoms with E-state index < -0.39 is 0 Å². The Bertz CT molecular complexity index is 1180. The number of thiazole rings is 1. The fraction of sp³-hybridized carbons (Fsp3) is 0.217. The summed E-state index contributed by atoms with van der Waals surface area (Å²) >= 11 is 1.62. The molecule has 2 heterocycles. The van der Waals surface area contributed by atoms with E-state index in [1.165, 1.54) is 5.39 Å². The number of methoxy groups -OCH3 is 2. The lowest BCUT2D eigenvalue weighted by molar-refractivity contribution is 0.162. The molecule has 5 nitrogen and oxygen atoms in total. The highest BCUT2D eigenvalue weighted by molar-refractivity contribution is 7.07. The van der Waals surface area contributed by atoms with E-state index in [0.29, 0.717) is 6.61 Å². The van der Waals surface area contributed by atoms with Gasteiger partial charge >= 0.3 is 0 Å². The van der Waals surface area contributed by atoms with Crippen LogP contribution in [0.5, 0.6) is 5.75 Å². The smallest absolute Gasteiger partial charge is 0.190 e. The lowest BCUT2D eigenvalue weighted by atomic mass is 10.0. The fourth-order valence-electron chi connectivity index (χ4n) is 3.39. The van der Waals surface area contributed by atoms with Gasteiger partial charge in [0.25, 0.3) is 0 Å². The Hall–Kier alpha value is -2.96. The van der Waals surface area contributed by atoms with Crippen LogP contribution in [0.3, 0.4) is 0 Å². The lowest BCUT2D eigenvalue weighted by Crippen LogP contribution is -2.23. The summed E-state index contributed by atoms with van der Waals surface area (Å²) < 4.78 is 13.0. The van der Waals surface area contributed by atoms with Crippen molar-refractivity contribution in [1.29, 1.82) is 0 Å². The summed E-state index contributed by atoms with van der Waals surface area (Å²) in [6.45, 7) is 2.75. The topological polar surface area (TPSA) is 48.6 Å². The van der Waals surface area contributed by atoms with E-state index in [1.807, 2.05) is 18.2 Å². The maximum Gasteiger partial charge on any atom is 0.190 e. The Labute approximate surface area is 173 Å². The molecule has 29 heavy (non-hydrogen) atoms. The molecule has 1 atom stereocenters. The number of nitrogens with zero attached hydrogens (tertiary/aromatic N) is 3. The molecule has 4 aromatic rings. The van der Waals surface area contributed by atoms with Crippen LogP contribution >= 0.6 is 11.3 Å². The summed E-state index contributed by atoms with van der Waals surface area (Å²) in [5.41, 5.74) is 3.11. The average Bonchev–Trinajstić information content (AvgIpc) is 3.17. The van der Waals surface area contributed by atoms with Crippen LogP contribution in [-0.4, -0.2) is 30.4 Å². The molecule has 0 radical (unpaired) electrons. The molecule has 0 bridgehead atoms. The molecule has 0 aliphatic carbocycles. The van der Waals surface area contributed by atoms with Gasteiger partial charge in [0.05, 0.1) is 37.3 Å². The van der Waals surface area contributed by atoms with Crippen molar-refractivity contribution in [1.82, 2.24) is 9.55 Å². The van der Waals surface area contributed by atoms with Gasteiger partial charge in [0.2, 0.25) is 0 Å². The first kappa shape index (κ1) is 19.4. The fourth-order valence-corrected chi connectivity index (χ4v) is 4.41. The van der Waals surface area contributed by atoms with Gasteiger partial charge in [-0.3, -0.25) is 4.98 Å². The van der Waals surface area contributed by atoms with Crippen molar-refractivity contribution < 1.29 is 9.47 Å². The number of rotatable bonds is 6. The number of hydrogen-bond acceptors (Lipinski definition) is 5. The second kappa shape index (κ2) is 8.59. The third-order valence-corrected chi connectivity index (χ3v) is 5.64. The SMILES string of the molecule is COCC(C)n1c(-c2ccc3cc(OC)ccc3c2)csc1=Nc1cccnc1. The summed E-state index contributed by atoms with van der Waals surface area (Å²) in [7, 11) is 3.42. The Morgan fingerprint density at radius 3 is 2.69 bits per heavy atom. The normalized spacial score (nSPS) is 13.0. The number of fused-ring (bicyclic) bond motifs is 1. The molecule has 0 fully saturated rings. The monoisotopic (exact) mass is 405 g/mol. The predicted molar refractivity (Wildman–Crippen MR) is 118 cm³/mol. The molecule has 2 aromatic heterocycles. The minimum Gasteiger partial charge on any atom is -0.497 e. The van der Waals surface area contributed by atoms with Crippen LogP contribution in [-0.2, 0) is 4.74 Å².